The van der Waals surface area contributed by atoms with Crippen molar-refractivity contribution in [2.75, 3.05) is 33.9 Å². The third-order valence-electron chi connectivity index (χ3n) is 1.52. The largest absolute Gasteiger partial charge is 0.385 e. The second-order valence-electron chi connectivity index (χ2n) is 2.55. The quantitative estimate of drug-likeness (QED) is 0.523. The summed E-state index contributed by atoms with van der Waals surface area (Å²) >= 11 is 0. The van der Waals surface area contributed by atoms with Gasteiger partial charge < -0.3 is 15.4 Å². The van der Waals surface area contributed by atoms with Crippen LogP contribution in [0, 0.1) is 0 Å². The minimum Gasteiger partial charge on any atom is -0.385 e. The summed E-state index contributed by atoms with van der Waals surface area (Å²) in [6.45, 7) is 2.07. The predicted octanol–water partition coefficient (Wildman–Crippen LogP) is -0.251. The van der Waals surface area contributed by atoms with Crippen LogP contribution in [0.2, 0.25) is 0 Å². The zero-order valence-corrected chi connectivity index (χ0v) is 7.85. The Hall–Kier alpha value is -0.610. The van der Waals surface area contributed by atoms with Crippen molar-refractivity contribution in [3.05, 3.63) is 0 Å². The maximum atomic E-state index is 10.7. The third kappa shape index (κ3) is 7.50. The van der Waals surface area contributed by atoms with Crippen LogP contribution in [-0.4, -0.2) is 39.8 Å². The molecule has 0 bridgehead atoms. The number of hydrogen-bond acceptors (Lipinski definition) is 3. The van der Waals surface area contributed by atoms with Gasteiger partial charge in [0, 0.05) is 20.8 Å². The molecule has 4 nitrogen and oxygen atoms in total. The molecule has 0 fully saturated rings. The van der Waals surface area contributed by atoms with Crippen LogP contribution in [0.5, 0.6) is 0 Å². The van der Waals surface area contributed by atoms with Gasteiger partial charge in [0.15, 0.2) is 0 Å². The topological polar surface area (TPSA) is 50.4 Å². The van der Waals surface area contributed by atoms with E-state index < -0.39 is 0 Å². The van der Waals surface area contributed by atoms with Crippen LogP contribution in [0.1, 0.15) is 12.8 Å². The first kappa shape index (κ1) is 11.4. The lowest BCUT2D eigenvalue weighted by atomic mass is 10.3. The van der Waals surface area contributed by atoms with Gasteiger partial charge in [-0.1, -0.05) is 0 Å². The summed E-state index contributed by atoms with van der Waals surface area (Å²) in [5.74, 6) is 0.0294. The molecule has 0 saturated heterocycles. The van der Waals surface area contributed by atoms with Gasteiger partial charge >= 0.3 is 0 Å². The Labute approximate surface area is 73.7 Å². The molecular formula is C8H18N2O2. The lowest BCUT2D eigenvalue weighted by Gasteiger charge is -2.02. The minimum atomic E-state index is 0.0294. The molecule has 0 aromatic rings. The molecule has 0 aliphatic rings. The fourth-order valence-electron chi connectivity index (χ4n) is 0.787. The summed E-state index contributed by atoms with van der Waals surface area (Å²) in [6, 6.07) is 0. The summed E-state index contributed by atoms with van der Waals surface area (Å²) in [7, 11) is 3.33. The number of amides is 1. The molecule has 0 heterocycles. The first-order chi connectivity index (χ1) is 5.81. The van der Waals surface area contributed by atoms with Crippen LogP contribution in [-0.2, 0) is 9.53 Å². The smallest absolute Gasteiger partial charge is 0.233 e. The highest BCUT2D eigenvalue weighted by Crippen LogP contribution is 1.85. The molecule has 0 atom stereocenters. The summed E-state index contributed by atoms with van der Waals surface area (Å²) in [5, 5.41) is 5.57. The number of carbonyl (C=O) groups excluding carboxylic acids is 1. The predicted molar refractivity (Wildman–Crippen MR) is 48.0 cm³/mol. The Kier molecular flexibility index (Phi) is 8.05. The Morgan fingerprint density at radius 1 is 1.42 bits per heavy atom. The average molecular weight is 174 g/mol. The van der Waals surface area contributed by atoms with Gasteiger partial charge in [-0.05, 0) is 19.4 Å². The molecule has 0 aliphatic heterocycles. The molecule has 0 aliphatic carbocycles. The molecule has 0 aromatic heterocycles. The van der Waals surface area contributed by atoms with Gasteiger partial charge in [-0.25, -0.2) is 0 Å². The monoisotopic (exact) mass is 174 g/mol. The number of carbonyl (C=O) groups is 1. The van der Waals surface area contributed by atoms with Crippen molar-refractivity contribution in [1.29, 1.82) is 0 Å². The number of unbranched alkanes of at least 4 members (excludes halogenated alkanes) is 1. The van der Waals surface area contributed by atoms with Gasteiger partial charge in [-0.3, -0.25) is 4.79 Å². The van der Waals surface area contributed by atoms with E-state index in [1.165, 1.54) is 0 Å². The van der Waals surface area contributed by atoms with E-state index in [2.05, 4.69) is 10.6 Å². The van der Waals surface area contributed by atoms with Crippen LogP contribution in [0.15, 0.2) is 0 Å². The summed E-state index contributed by atoms with van der Waals surface area (Å²) in [5.41, 5.74) is 0. The Balaban J connectivity index is 2.95. The van der Waals surface area contributed by atoms with Gasteiger partial charge in [0.05, 0.1) is 6.54 Å². The number of ether oxygens (including phenoxy) is 1. The van der Waals surface area contributed by atoms with Gasteiger partial charge in [0.25, 0.3) is 0 Å². The number of rotatable bonds is 7. The maximum Gasteiger partial charge on any atom is 0.233 e. The normalized spacial score (nSPS) is 9.83. The molecule has 2 N–H and O–H groups in total. The first-order valence-corrected chi connectivity index (χ1v) is 4.21. The highest BCUT2D eigenvalue weighted by molar-refractivity contribution is 5.77. The molecule has 0 saturated carbocycles. The second-order valence-corrected chi connectivity index (χ2v) is 2.55. The van der Waals surface area contributed by atoms with E-state index in [-0.39, 0.29) is 5.91 Å². The van der Waals surface area contributed by atoms with Crippen LogP contribution >= 0.6 is 0 Å². The Morgan fingerprint density at radius 2 is 2.17 bits per heavy atom. The molecule has 0 spiro atoms. The summed E-state index contributed by atoms with van der Waals surface area (Å²) < 4.78 is 4.88. The van der Waals surface area contributed by atoms with Gasteiger partial charge in [0.2, 0.25) is 5.91 Å². The Bertz CT molecular complexity index is 118. The zero-order valence-electron chi connectivity index (χ0n) is 7.85. The van der Waals surface area contributed by atoms with E-state index in [4.69, 9.17) is 4.74 Å². The Morgan fingerprint density at radius 3 is 2.75 bits per heavy atom. The molecule has 0 unspecified atom stereocenters. The van der Waals surface area contributed by atoms with E-state index in [1.807, 2.05) is 0 Å². The summed E-state index contributed by atoms with van der Waals surface area (Å²) in [6.07, 6.45) is 2.09. The molecule has 4 heteroatoms. The molecule has 0 aromatic carbocycles. The molecule has 0 radical (unpaired) electrons. The molecule has 72 valence electrons. The maximum absolute atomic E-state index is 10.7. The highest BCUT2D eigenvalue weighted by Gasteiger charge is 1.94. The van der Waals surface area contributed by atoms with Gasteiger partial charge in [-0.2, -0.15) is 0 Å². The molecular weight excluding hydrogens is 156 g/mol. The van der Waals surface area contributed by atoms with E-state index in [0.29, 0.717) is 6.54 Å². The highest BCUT2D eigenvalue weighted by atomic mass is 16.5. The fraction of sp³-hybridized carbons (Fsp3) is 0.875. The minimum absolute atomic E-state index is 0.0294. The zero-order chi connectivity index (χ0) is 9.23. The average Bonchev–Trinajstić information content (AvgIpc) is 2.10. The number of hydrogen-bond donors (Lipinski definition) is 2. The van der Waals surface area contributed by atoms with Crippen molar-refractivity contribution in [2.45, 2.75) is 12.8 Å². The number of nitrogens with one attached hydrogen (secondary N) is 2. The standard InChI is InChI=1S/C8H18N2O2/c1-9-8(11)7-10-5-3-4-6-12-2/h10H,3-7H2,1-2H3,(H,9,11). The van der Waals surface area contributed by atoms with Gasteiger partial charge in [-0.15, -0.1) is 0 Å². The SMILES string of the molecule is CNC(=O)CNCCCCOC. The molecule has 1 amide bonds. The second kappa shape index (κ2) is 8.49. The first-order valence-electron chi connectivity index (χ1n) is 4.21. The fourth-order valence-corrected chi connectivity index (χ4v) is 0.787. The number of methoxy groups -OCH3 is 1. The van der Waals surface area contributed by atoms with Crippen molar-refractivity contribution in [3.8, 4) is 0 Å². The lowest BCUT2D eigenvalue weighted by Crippen LogP contribution is -2.31. The van der Waals surface area contributed by atoms with Crippen LogP contribution in [0.25, 0.3) is 0 Å². The van der Waals surface area contributed by atoms with Gasteiger partial charge in [0.1, 0.15) is 0 Å². The van der Waals surface area contributed by atoms with E-state index in [0.717, 1.165) is 26.0 Å². The van der Waals surface area contributed by atoms with E-state index >= 15 is 0 Å². The molecule has 0 rings (SSSR count). The van der Waals surface area contributed by atoms with Crippen molar-refractivity contribution >= 4 is 5.91 Å². The van der Waals surface area contributed by atoms with Crippen molar-refractivity contribution in [1.82, 2.24) is 10.6 Å². The lowest BCUT2D eigenvalue weighted by molar-refractivity contribution is -0.119. The van der Waals surface area contributed by atoms with Crippen LogP contribution < -0.4 is 10.6 Å². The van der Waals surface area contributed by atoms with Crippen LogP contribution in [0.4, 0.5) is 0 Å². The van der Waals surface area contributed by atoms with Crippen molar-refractivity contribution in [3.63, 3.8) is 0 Å². The van der Waals surface area contributed by atoms with E-state index in [9.17, 15) is 4.79 Å². The summed E-state index contributed by atoms with van der Waals surface area (Å²) in [4.78, 5) is 10.7. The van der Waals surface area contributed by atoms with Crippen molar-refractivity contribution < 1.29 is 9.53 Å². The third-order valence-corrected chi connectivity index (χ3v) is 1.52. The number of likely N-dealkylation sites (N-methyl/N-ethyl adjacent to an activating group) is 1. The van der Waals surface area contributed by atoms with Crippen molar-refractivity contribution in [2.24, 2.45) is 0 Å². The molecule has 12 heavy (non-hydrogen) atoms. The van der Waals surface area contributed by atoms with Crippen LogP contribution in [0.3, 0.4) is 0 Å². The van der Waals surface area contributed by atoms with E-state index in [1.54, 1.807) is 14.2 Å².